The average molecular weight is 749 g/mol. The zero-order chi connectivity index (χ0) is 38.9. The van der Waals surface area contributed by atoms with E-state index in [1.807, 2.05) is 78.9 Å². The number of aromatic nitrogens is 3. The third kappa shape index (κ3) is 7.92. The quantitative estimate of drug-likeness (QED) is 0.192. The van der Waals surface area contributed by atoms with Crippen LogP contribution >= 0.6 is 0 Å². The first-order valence-electron chi connectivity index (χ1n) is 19.0. The van der Waals surface area contributed by atoms with Crippen molar-refractivity contribution in [2.24, 2.45) is 5.92 Å². The number of carbonyl (C=O) groups excluding carboxylic acids is 3. The Balaban J connectivity index is 1.28. The fourth-order valence-corrected chi connectivity index (χ4v) is 7.74. The summed E-state index contributed by atoms with van der Waals surface area (Å²) < 4.78 is 10.9. The van der Waals surface area contributed by atoms with Crippen molar-refractivity contribution in [2.75, 3.05) is 13.7 Å². The summed E-state index contributed by atoms with van der Waals surface area (Å²) in [6.07, 6.45) is 6.86. The predicted molar refractivity (Wildman–Crippen MR) is 206 cm³/mol. The van der Waals surface area contributed by atoms with E-state index in [2.05, 4.69) is 10.6 Å². The molecule has 2 fully saturated rings. The molecule has 0 radical (unpaired) electrons. The number of nitrogens with zero attached hydrogens (tertiary/aromatic N) is 4. The molecular weight excluding hydrogens is 700 g/mol. The molecule has 1 aliphatic carbocycles. The van der Waals surface area contributed by atoms with E-state index in [1.54, 1.807) is 32.7 Å². The molecular formula is C42H48N6O7. The van der Waals surface area contributed by atoms with Crippen molar-refractivity contribution < 1.29 is 33.8 Å². The Bertz CT molecular complexity index is 2120. The first-order valence-corrected chi connectivity index (χ1v) is 19.0. The van der Waals surface area contributed by atoms with Gasteiger partial charge in [0.25, 0.3) is 0 Å². The molecule has 288 valence electrons. The van der Waals surface area contributed by atoms with Crippen molar-refractivity contribution in [1.29, 1.82) is 0 Å². The molecule has 13 heteroatoms. The Kier molecular flexibility index (Phi) is 10.4. The van der Waals surface area contributed by atoms with E-state index in [-0.39, 0.29) is 25.3 Å². The normalized spacial score (nSPS) is 25.1. The molecule has 0 unspecified atom stereocenters. The lowest BCUT2D eigenvalue weighted by atomic mass is 9.99. The van der Waals surface area contributed by atoms with E-state index >= 15 is 0 Å². The van der Waals surface area contributed by atoms with Crippen LogP contribution in [0.15, 0.2) is 78.9 Å². The number of fused-ring (bicyclic) bond motifs is 3. The molecule has 0 spiro atoms. The van der Waals surface area contributed by atoms with Crippen LogP contribution in [0.5, 0.6) is 5.75 Å². The lowest BCUT2D eigenvalue weighted by Gasteiger charge is -2.30. The highest BCUT2D eigenvalue weighted by Crippen LogP contribution is 2.46. The zero-order valence-electron chi connectivity index (χ0n) is 31.7. The largest absolute Gasteiger partial charge is 0.497 e. The first-order chi connectivity index (χ1) is 26.4. The second kappa shape index (κ2) is 15.2. The van der Waals surface area contributed by atoms with Crippen LogP contribution in [-0.2, 0) is 19.1 Å². The van der Waals surface area contributed by atoms with Crippen molar-refractivity contribution >= 4 is 34.6 Å². The lowest BCUT2D eigenvalue weighted by Crippen LogP contribution is -2.56. The van der Waals surface area contributed by atoms with Crippen LogP contribution in [-0.4, -0.2) is 85.8 Å². The minimum atomic E-state index is -1.46. The number of carboxylic acids is 1. The molecule has 3 aromatic carbocycles. The standard InChI is InChI=1S/C42H48N6O7/c1-41(2,3)55-40(53)43-33-18-9-7-5-6-8-15-28-24-42(28,39(51)52)44-37(49)34-23-29(25-47(34)38(33)50)48-45-35(27-19-21-30(54-4)22-20-27)36(46-48)32-17-12-14-26-13-10-11-16-31(26)32/h8,10-17,19-22,28-29,33-34H,5-7,9,18,23-25H2,1-4H3,(H,43,53)(H,44,49)(H,51,52)/b15-8-/t28-,29+,33+,34+,42+/m1/s1. The number of benzene rings is 3. The van der Waals surface area contributed by atoms with Crippen LogP contribution in [0.1, 0.15) is 71.8 Å². The van der Waals surface area contributed by atoms with Crippen LogP contribution < -0.4 is 15.4 Å². The van der Waals surface area contributed by atoms with E-state index in [0.29, 0.717) is 30.0 Å². The van der Waals surface area contributed by atoms with Crippen LogP contribution in [0.25, 0.3) is 33.3 Å². The second-order valence-corrected chi connectivity index (χ2v) is 15.7. The van der Waals surface area contributed by atoms with Gasteiger partial charge < -0.3 is 30.1 Å². The highest BCUT2D eigenvalue weighted by molar-refractivity contribution is 5.99. The van der Waals surface area contributed by atoms with E-state index in [4.69, 9.17) is 19.7 Å². The Hall–Kier alpha value is -5.72. The third-order valence-corrected chi connectivity index (χ3v) is 10.7. The van der Waals surface area contributed by atoms with Gasteiger partial charge in [-0.15, -0.1) is 0 Å². The fourth-order valence-electron chi connectivity index (χ4n) is 7.74. The number of ether oxygens (including phenoxy) is 2. The summed E-state index contributed by atoms with van der Waals surface area (Å²) >= 11 is 0. The fraction of sp³-hybridized carbons (Fsp3) is 0.429. The van der Waals surface area contributed by atoms with Gasteiger partial charge >= 0.3 is 12.1 Å². The van der Waals surface area contributed by atoms with Crippen LogP contribution in [0.4, 0.5) is 4.79 Å². The van der Waals surface area contributed by atoms with Crippen LogP contribution in [0.2, 0.25) is 0 Å². The van der Waals surface area contributed by atoms with Crippen molar-refractivity contribution in [3.8, 4) is 28.3 Å². The molecule has 0 bridgehead atoms. The van der Waals surface area contributed by atoms with Gasteiger partial charge in [0.15, 0.2) is 0 Å². The number of amides is 3. The van der Waals surface area contributed by atoms with Gasteiger partial charge in [0.2, 0.25) is 11.8 Å². The van der Waals surface area contributed by atoms with Gasteiger partial charge in [-0.2, -0.15) is 15.0 Å². The predicted octanol–water partition coefficient (Wildman–Crippen LogP) is 6.29. The van der Waals surface area contributed by atoms with Gasteiger partial charge in [-0.25, -0.2) is 9.59 Å². The Morgan fingerprint density at radius 1 is 0.964 bits per heavy atom. The number of hydrogen-bond acceptors (Lipinski definition) is 8. The molecule has 4 aromatic rings. The summed E-state index contributed by atoms with van der Waals surface area (Å²) in [6.45, 7) is 5.30. The molecule has 7 rings (SSSR count). The zero-order valence-corrected chi connectivity index (χ0v) is 31.7. The van der Waals surface area contributed by atoms with Crippen molar-refractivity contribution in [2.45, 2.75) is 95.0 Å². The van der Waals surface area contributed by atoms with E-state index in [9.17, 15) is 24.3 Å². The number of nitrogens with one attached hydrogen (secondary N) is 2. The van der Waals surface area contributed by atoms with E-state index < -0.39 is 53.1 Å². The molecule has 3 N–H and O–H groups in total. The Morgan fingerprint density at radius 3 is 2.45 bits per heavy atom. The minimum absolute atomic E-state index is 0.0541. The molecule has 1 saturated carbocycles. The summed E-state index contributed by atoms with van der Waals surface area (Å²) in [5.74, 6) is -1.80. The minimum Gasteiger partial charge on any atom is -0.497 e. The van der Waals surface area contributed by atoms with Crippen molar-refractivity contribution in [3.05, 3.63) is 78.9 Å². The van der Waals surface area contributed by atoms with Gasteiger partial charge in [-0.1, -0.05) is 67.5 Å². The van der Waals surface area contributed by atoms with Gasteiger partial charge in [-0.3, -0.25) is 9.59 Å². The number of aliphatic carboxylic acids is 1. The summed E-state index contributed by atoms with van der Waals surface area (Å²) in [4.78, 5) is 57.6. The molecule has 3 amide bonds. The summed E-state index contributed by atoms with van der Waals surface area (Å²) in [7, 11) is 1.60. The van der Waals surface area contributed by atoms with Crippen molar-refractivity contribution in [3.63, 3.8) is 0 Å². The highest BCUT2D eigenvalue weighted by Gasteiger charge is 2.61. The third-order valence-electron chi connectivity index (χ3n) is 10.7. The summed E-state index contributed by atoms with van der Waals surface area (Å²) in [5, 5.41) is 28.0. The number of allylic oxidation sites excluding steroid dienone is 1. The molecule has 3 heterocycles. The van der Waals surface area contributed by atoms with Gasteiger partial charge in [0.1, 0.15) is 40.4 Å². The van der Waals surface area contributed by atoms with Crippen molar-refractivity contribution in [1.82, 2.24) is 30.5 Å². The molecule has 55 heavy (non-hydrogen) atoms. The Labute approximate surface area is 320 Å². The van der Waals surface area contributed by atoms with E-state index in [0.717, 1.165) is 41.2 Å². The maximum Gasteiger partial charge on any atom is 0.408 e. The maximum absolute atomic E-state index is 14.6. The molecule has 1 saturated heterocycles. The number of rotatable bonds is 6. The lowest BCUT2D eigenvalue weighted by molar-refractivity contribution is -0.145. The number of carboxylic acid groups (broad SMARTS) is 1. The van der Waals surface area contributed by atoms with Gasteiger partial charge in [-0.05, 0) is 81.5 Å². The SMILES string of the molecule is COc1ccc(-c2nn([C@H]3C[C@H]4C(=O)N[C@@]5(C(=O)O)C[C@H]5/C=C\CCCCC[C@H](NC(=O)OC(C)(C)C)C(=O)N4C3)nc2-c2cccc3ccccc23)cc1. The van der Waals surface area contributed by atoms with E-state index in [1.165, 1.54) is 4.90 Å². The maximum atomic E-state index is 14.6. The van der Waals surface area contributed by atoms with Crippen LogP contribution in [0, 0.1) is 5.92 Å². The number of alkyl carbamates (subject to hydrolysis) is 1. The topological polar surface area (TPSA) is 165 Å². The number of hydrogen-bond donors (Lipinski definition) is 3. The average Bonchev–Trinajstić information content (AvgIpc) is 3.45. The van der Waals surface area contributed by atoms with Crippen LogP contribution in [0.3, 0.4) is 0 Å². The van der Waals surface area contributed by atoms with Gasteiger partial charge in [0.05, 0.1) is 13.2 Å². The highest BCUT2D eigenvalue weighted by atomic mass is 16.6. The van der Waals surface area contributed by atoms with Gasteiger partial charge in [0, 0.05) is 30.0 Å². The Morgan fingerprint density at radius 2 is 1.71 bits per heavy atom. The molecule has 5 atom stereocenters. The number of methoxy groups -OCH3 is 1. The molecule has 1 aromatic heterocycles. The smallest absolute Gasteiger partial charge is 0.408 e. The monoisotopic (exact) mass is 748 g/mol. The molecule has 13 nitrogen and oxygen atoms in total. The second-order valence-electron chi connectivity index (χ2n) is 15.7. The molecule has 3 aliphatic rings. The summed E-state index contributed by atoms with van der Waals surface area (Å²) in [6, 6.07) is 19.0. The summed E-state index contributed by atoms with van der Waals surface area (Å²) in [5.41, 5.74) is 0.665. The number of carbonyl (C=O) groups is 4. The molecule has 2 aliphatic heterocycles. The first kappa shape index (κ1) is 37.6.